The van der Waals surface area contributed by atoms with Gasteiger partial charge in [0.1, 0.15) is 5.75 Å². The highest BCUT2D eigenvalue weighted by molar-refractivity contribution is 6.19. The normalized spacial score (nSPS) is 21.2. The summed E-state index contributed by atoms with van der Waals surface area (Å²) in [6, 6.07) is 3.08. The number of fused-ring (bicyclic) bond motifs is 1. The number of hydrogen-bond acceptors (Lipinski definition) is 7. The van der Waals surface area contributed by atoms with Crippen LogP contribution in [0.5, 0.6) is 5.75 Å². The van der Waals surface area contributed by atoms with E-state index in [2.05, 4.69) is 5.32 Å². The number of nitrogens with zero attached hydrogens (tertiary/aromatic N) is 3. The minimum atomic E-state index is -1.26. The predicted molar refractivity (Wildman–Crippen MR) is 155 cm³/mol. The molecule has 3 atom stereocenters. The van der Waals surface area contributed by atoms with Crippen molar-refractivity contribution in [1.29, 1.82) is 0 Å². The van der Waals surface area contributed by atoms with Gasteiger partial charge in [-0.3, -0.25) is 14.4 Å². The molecule has 0 spiro atoms. The van der Waals surface area contributed by atoms with Gasteiger partial charge in [-0.1, -0.05) is 18.5 Å². The van der Waals surface area contributed by atoms with E-state index in [1.54, 1.807) is 47.6 Å². The van der Waals surface area contributed by atoms with Gasteiger partial charge in [0.25, 0.3) is 11.8 Å². The smallest absolute Gasteiger partial charge is 0.411 e. The summed E-state index contributed by atoms with van der Waals surface area (Å²) < 4.78 is 16.6. The van der Waals surface area contributed by atoms with Crippen LogP contribution in [0.4, 0.5) is 10.5 Å². The van der Waals surface area contributed by atoms with Crippen LogP contribution in [0, 0.1) is 6.92 Å². The molecule has 0 aliphatic carbocycles. The fourth-order valence-corrected chi connectivity index (χ4v) is 5.49. The number of aryl methyl sites for hydroxylation is 1. The summed E-state index contributed by atoms with van der Waals surface area (Å²) in [4.78, 5) is 57.1. The van der Waals surface area contributed by atoms with Crippen LogP contribution in [-0.2, 0) is 19.1 Å². The number of halogens is 1. The van der Waals surface area contributed by atoms with E-state index >= 15 is 0 Å². The highest BCUT2D eigenvalue weighted by Gasteiger charge is 2.45. The summed E-state index contributed by atoms with van der Waals surface area (Å²) in [6.07, 6.45) is 1.28. The van der Waals surface area contributed by atoms with Crippen molar-refractivity contribution in [3.8, 4) is 5.75 Å². The Morgan fingerprint density at radius 2 is 1.98 bits per heavy atom. The molecular weight excluding hydrogens is 552 g/mol. The van der Waals surface area contributed by atoms with E-state index < -0.39 is 17.3 Å². The van der Waals surface area contributed by atoms with Gasteiger partial charge in [-0.25, -0.2) is 4.79 Å². The van der Waals surface area contributed by atoms with Crippen molar-refractivity contribution < 1.29 is 33.4 Å². The van der Waals surface area contributed by atoms with Crippen LogP contribution in [0.1, 0.15) is 69.8 Å². The van der Waals surface area contributed by atoms with Crippen LogP contribution in [0.25, 0.3) is 0 Å². The van der Waals surface area contributed by atoms with Gasteiger partial charge >= 0.3 is 6.09 Å². The number of likely N-dealkylation sites (tertiary alicyclic amines) is 1. The molecule has 12 heteroatoms. The fourth-order valence-electron chi connectivity index (χ4n) is 5.42. The average Bonchev–Trinajstić information content (AvgIpc) is 2.90. The standard InChI is InChI=1S/C29H43ClN4O7/c1-8-25(35)31-11-13-33-23-15-22(19(4)14-24(23)41-29(6,17-39-7)27(33)37)26(36)34(18(2)3)21-10-9-12-32(16-21)28(38)40-20(5)30/h14-15,18,20-21H,8-13,16-17H2,1-7H3,(H,31,35)/t20?,21-,29?/m1/s1. The van der Waals surface area contributed by atoms with Crippen molar-refractivity contribution in [2.24, 2.45) is 0 Å². The molecule has 0 saturated carbocycles. The van der Waals surface area contributed by atoms with Gasteiger partial charge in [-0.2, -0.15) is 0 Å². The topological polar surface area (TPSA) is 118 Å². The highest BCUT2D eigenvalue weighted by atomic mass is 35.5. The summed E-state index contributed by atoms with van der Waals surface area (Å²) in [5, 5.41) is 2.81. The van der Waals surface area contributed by atoms with Gasteiger partial charge in [0, 0.05) is 51.3 Å². The maximum atomic E-state index is 14.2. The van der Waals surface area contributed by atoms with Crippen LogP contribution in [0.3, 0.4) is 0 Å². The van der Waals surface area contributed by atoms with E-state index in [0.29, 0.717) is 48.5 Å². The molecule has 1 aromatic carbocycles. The van der Waals surface area contributed by atoms with Crippen molar-refractivity contribution in [1.82, 2.24) is 15.1 Å². The number of anilines is 1. The van der Waals surface area contributed by atoms with Gasteiger partial charge in [0.2, 0.25) is 11.5 Å². The molecule has 0 bridgehead atoms. The molecular formula is C29H43ClN4O7. The largest absolute Gasteiger partial charge is 0.473 e. The summed E-state index contributed by atoms with van der Waals surface area (Å²) >= 11 is 5.86. The first-order valence-corrected chi connectivity index (χ1v) is 14.6. The van der Waals surface area contributed by atoms with Crippen molar-refractivity contribution in [3.63, 3.8) is 0 Å². The lowest BCUT2D eigenvalue weighted by molar-refractivity contribution is -0.138. The van der Waals surface area contributed by atoms with Crippen LogP contribution in [-0.4, -0.2) is 96.8 Å². The third-order valence-corrected chi connectivity index (χ3v) is 7.45. The molecule has 2 unspecified atom stereocenters. The zero-order chi connectivity index (χ0) is 30.5. The number of alkyl halides is 1. The third-order valence-electron chi connectivity index (χ3n) is 7.36. The average molecular weight is 595 g/mol. The first-order valence-electron chi connectivity index (χ1n) is 14.2. The van der Waals surface area contributed by atoms with Gasteiger partial charge < -0.3 is 34.2 Å². The summed E-state index contributed by atoms with van der Waals surface area (Å²) in [6.45, 7) is 12.0. The molecule has 0 radical (unpaired) electrons. The molecule has 228 valence electrons. The zero-order valence-corrected chi connectivity index (χ0v) is 25.9. The minimum absolute atomic E-state index is 0.0348. The number of hydrogen-bond donors (Lipinski definition) is 1. The maximum Gasteiger partial charge on any atom is 0.411 e. The number of carbonyl (C=O) groups is 4. The van der Waals surface area contributed by atoms with Gasteiger partial charge in [0.05, 0.1) is 18.3 Å². The van der Waals surface area contributed by atoms with Gasteiger partial charge in [-0.05, 0) is 65.2 Å². The van der Waals surface area contributed by atoms with Crippen LogP contribution in [0.2, 0.25) is 0 Å². The number of piperidine rings is 1. The molecule has 1 N–H and O–H groups in total. The van der Waals surface area contributed by atoms with Crippen LogP contribution >= 0.6 is 11.6 Å². The Kier molecular flexibility index (Phi) is 10.9. The first kappa shape index (κ1) is 32.5. The van der Waals surface area contributed by atoms with E-state index in [-0.39, 0.29) is 49.5 Å². The molecule has 3 rings (SSSR count). The Hall–Kier alpha value is -3.05. The first-order chi connectivity index (χ1) is 19.3. The molecule has 1 fully saturated rings. The predicted octanol–water partition coefficient (Wildman–Crippen LogP) is 3.69. The Labute approximate surface area is 247 Å². The van der Waals surface area contributed by atoms with Gasteiger partial charge in [0.15, 0.2) is 5.56 Å². The minimum Gasteiger partial charge on any atom is -0.473 e. The Morgan fingerprint density at radius 1 is 1.27 bits per heavy atom. The number of methoxy groups -OCH3 is 1. The summed E-state index contributed by atoms with van der Waals surface area (Å²) in [7, 11) is 1.50. The van der Waals surface area contributed by atoms with E-state index in [1.165, 1.54) is 7.11 Å². The lowest BCUT2D eigenvalue weighted by Crippen LogP contribution is -2.58. The monoisotopic (exact) mass is 594 g/mol. The molecule has 1 saturated heterocycles. The zero-order valence-electron chi connectivity index (χ0n) is 25.1. The molecule has 2 aliphatic heterocycles. The van der Waals surface area contributed by atoms with E-state index in [9.17, 15) is 19.2 Å². The lowest BCUT2D eigenvalue weighted by atomic mass is 9.97. The van der Waals surface area contributed by atoms with Crippen molar-refractivity contribution in [3.05, 3.63) is 23.3 Å². The summed E-state index contributed by atoms with van der Waals surface area (Å²) in [5.74, 6) is -0.194. The molecule has 4 amide bonds. The Bertz CT molecular complexity index is 1140. The third kappa shape index (κ3) is 7.43. The number of carbonyl (C=O) groups excluding carboxylic acids is 4. The molecule has 1 aromatic rings. The SMILES string of the molecule is CCC(=O)NCCN1C(=O)C(C)(COC)Oc2cc(C)c(C(=O)N(C(C)C)[C@@H]3CCCN(C(=O)OC(C)Cl)C3)cc21. The molecule has 0 aromatic heterocycles. The second kappa shape index (κ2) is 13.7. The Morgan fingerprint density at radius 3 is 2.59 bits per heavy atom. The fraction of sp³-hybridized carbons (Fsp3) is 0.655. The second-order valence-corrected chi connectivity index (χ2v) is 11.7. The van der Waals surface area contributed by atoms with Gasteiger partial charge in [-0.15, -0.1) is 0 Å². The van der Waals surface area contributed by atoms with Crippen LogP contribution < -0.4 is 15.0 Å². The number of amides is 4. The van der Waals surface area contributed by atoms with Crippen molar-refractivity contribution in [2.75, 3.05) is 44.8 Å². The Balaban J connectivity index is 1.96. The van der Waals surface area contributed by atoms with E-state index in [0.717, 1.165) is 6.42 Å². The second-order valence-electron chi connectivity index (χ2n) is 11.0. The number of ether oxygens (including phenoxy) is 3. The lowest BCUT2D eigenvalue weighted by Gasteiger charge is -2.42. The molecule has 2 heterocycles. The van der Waals surface area contributed by atoms with Crippen molar-refractivity contribution in [2.45, 2.75) is 84.1 Å². The van der Waals surface area contributed by atoms with Crippen LogP contribution in [0.15, 0.2) is 12.1 Å². The number of benzene rings is 1. The molecule has 2 aliphatic rings. The quantitative estimate of drug-likeness (QED) is 0.411. The highest BCUT2D eigenvalue weighted by Crippen LogP contribution is 2.40. The summed E-state index contributed by atoms with van der Waals surface area (Å²) in [5.41, 5.74) is -0.439. The number of rotatable bonds is 10. The van der Waals surface area contributed by atoms with E-state index in [4.69, 9.17) is 25.8 Å². The molecule has 41 heavy (non-hydrogen) atoms. The van der Waals surface area contributed by atoms with E-state index in [1.807, 2.05) is 20.8 Å². The van der Waals surface area contributed by atoms with Crippen molar-refractivity contribution >= 4 is 41.1 Å². The number of nitrogens with one attached hydrogen (secondary N) is 1. The maximum absolute atomic E-state index is 14.2. The molecule has 11 nitrogen and oxygen atoms in total.